The van der Waals surface area contributed by atoms with Crippen molar-refractivity contribution < 1.29 is 35.9 Å². The first-order valence-electron chi connectivity index (χ1n) is 4.80. The Morgan fingerprint density at radius 3 is 2.05 bits per heavy atom. The van der Waals surface area contributed by atoms with Gasteiger partial charge in [-0.3, -0.25) is 0 Å². The summed E-state index contributed by atoms with van der Waals surface area (Å²) in [4.78, 5) is 13.7. The molecule has 0 atom stereocenters. The van der Waals surface area contributed by atoms with Gasteiger partial charge in [0, 0.05) is 6.26 Å². The summed E-state index contributed by atoms with van der Waals surface area (Å²) in [5.74, 6) is -4.23. The molecule has 1 N–H and O–H groups in total. The molecule has 0 bridgehead atoms. The third-order valence-corrected chi connectivity index (χ3v) is 4.56. The number of hydrogen-bond donors (Lipinski definition) is 1. The van der Waals surface area contributed by atoms with E-state index in [1.165, 1.54) is 0 Å². The summed E-state index contributed by atoms with van der Waals surface area (Å²) in [7, 11) is -3.85. The van der Waals surface area contributed by atoms with Crippen molar-refractivity contribution in [2.75, 3.05) is 6.26 Å². The van der Waals surface area contributed by atoms with E-state index in [1.807, 2.05) is 0 Å². The molecule has 0 radical (unpaired) electrons. The number of carbonyl (C=O) groups is 1. The Labute approximate surface area is 106 Å². The van der Waals surface area contributed by atoms with Crippen LogP contribution in [-0.2, 0) is 20.8 Å². The van der Waals surface area contributed by atoms with Crippen LogP contribution >= 0.6 is 0 Å². The van der Waals surface area contributed by atoms with Gasteiger partial charge in [0.15, 0.2) is 15.5 Å². The molecular weight excluding hydrogens is 291 g/mol. The number of carboxylic acid groups (broad SMARTS) is 1. The second kappa shape index (κ2) is 4.22. The maximum atomic E-state index is 12.6. The van der Waals surface area contributed by atoms with E-state index >= 15 is 0 Å². The molecule has 1 aromatic rings. The van der Waals surface area contributed by atoms with Crippen molar-refractivity contribution in [3.63, 3.8) is 0 Å². The SMILES string of the molecule is CC(C)(c1nc(C(F)(F)F)c(C(=O)O)o1)S(C)(=O)=O. The summed E-state index contributed by atoms with van der Waals surface area (Å²) in [5.41, 5.74) is -1.76. The fraction of sp³-hybridized carbons (Fsp3) is 0.556. The van der Waals surface area contributed by atoms with Gasteiger partial charge in [0.2, 0.25) is 11.7 Å². The minimum atomic E-state index is -5.05. The van der Waals surface area contributed by atoms with Crippen LogP contribution in [0.2, 0.25) is 0 Å². The Bertz CT molecular complexity index is 614. The summed E-state index contributed by atoms with van der Waals surface area (Å²) >= 11 is 0. The molecule has 0 amide bonds. The molecule has 1 heterocycles. The second-order valence-electron chi connectivity index (χ2n) is 4.28. The summed E-state index contributed by atoms with van der Waals surface area (Å²) in [6, 6.07) is 0. The summed E-state index contributed by atoms with van der Waals surface area (Å²) in [6.45, 7) is 2.14. The van der Waals surface area contributed by atoms with Crippen LogP contribution in [-0.4, -0.2) is 30.7 Å². The zero-order valence-corrected chi connectivity index (χ0v) is 10.9. The zero-order chi connectivity index (χ0) is 15.2. The molecule has 0 aliphatic carbocycles. The molecule has 0 aliphatic rings. The molecule has 0 saturated heterocycles. The number of rotatable bonds is 3. The molecule has 0 spiro atoms. The number of carboxylic acids is 1. The van der Waals surface area contributed by atoms with Crippen LogP contribution in [0.5, 0.6) is 0 Å². The van der Waals surface area contributed by atoms with Crippen molar-refractivity contribution in [2.24, 2.45) is 0 Å². The summed E-state index contributed by atoms with van der Waals surface area (Å²) < 4.78 is 63.3. The molecular formula is C9H10F3NO5S. The molecule has 0 aliphatic heterocycles. The Kier molecular flexibility index (Phi) is 3.44. The van der Waals surface area contributed by atoms with Crippen LogP contribution in [0.4, 0.5) is 13.2 Å². The van der Waals surface area contributed by atoms with Crippen LogP contribution in [0.3, 0.4) is 0 Å². The highest BCUT2D eigenvalue weighted by Gasteiger charge is 2.45. The fourth-order valence-corrected chi connectivity index (χ4v) is 1.48. The number of sulfone groups is 1. The van der Waals surface area contributed by atoms with Gasteiger partial charge in [-0.05, 0) is 13.8 Å². The lowest BCUT2D eigenvalue weighted by Gasteiger charge is -2.17. The van der Waals surface area contributed by atoms with E-state index in [0.717, 1.165) is 20.1 Å². The maximum absolute atomic E-state index is 12.6. The highest BCUT2D eigenvalue weighted by atomic mass is 32.2. The topological polar surface area (TPSA) is 97.5 Å². The number of aromatic nitrogens is 1. The standard InChI is InChI=1S/C9H10F3NO5S/c1-8(2,19(3,16)17)7-13-5(9(10,11)12)4(18-7)6(14)15/h1-3H3,(H,14,15). The minimum absolute atomic E-state index is 0.783. The molecule has 0 aromatic carbocycles. The van der Waals surface area contributed by atoms with Gasteiger partial charge >= 0.3 is 12.1 Å². The number of alkyl halides is 3. The lowest BCUT2D eigenvalue weighted by Crippen LogP contribution is -2.28. The van der Waals surface area contributed by atoms with E-state index in [2.05, 4.69) is 9.40 Å². The summed E-state index contributed by atoms with van der Waals surface area (Å²) in [5, 5.41) is 8.63. The number of nitrogens with zero attached hydrogens (tertiary/aromatic N) is 1. The first kappa shape index (κ1) is 15.5. The highest BCUT2D eigenvalue weighted by Crippen LogP contribution is 2.36. The van der Waals surface area contributed by atoms with Crippen molar-refractivity contribution in [1.82, 2.24) is 4.98 Å². The molecule has 6 nitrogen and oxygen atoms in total. The number of aromatic carboxylic acids is 1. The lowest BCUT2D eigenvalue weighted by molar-refractivity contribution is -0.141. The highest BCUT2D eigenvalue weighted by molar-refractivity contribution is 7.91. The first-order valence-corrected chi connectivity index (χ1v) is 6.69. The Balaban J connectivity index is 3.56. The normalized spacial score (nSPS) is 13.6. The van der Waals surface area contributed by atoms with Gasteiger partial charge in [-0.25, -0.2) is 18.2 Å². The van der Waals surface area contributed by atoms with E-state index in [-0.39, 0.29) is 0 Å². The van der Waals surface area contributed by atoms with E-state index in [1.54, 1.807) is 0 Å². The van der Waals surface area contributed by atoms with Crippen molar-refractivity contribution in [1.29, 1.82) is 0 Å². The van der Waals surface area contributed by atoms with Crippen LogP contribution < -0.4 is 0 Å². The predicted octanol–water partition coefficient (Wildman–Crippen LogP) is 1.67. The first-order chi connectivity index (χ1) is 8.28. The van der Waals surface area contributed by atoms with E-state index in [9.17, 15) is 26.4 Å². The Morgan fingerprint density at radius 1 is 1.32 bits per heavy atom. The van der Waals surface area contributed by atoms with Gasteiger partial charge in [0.1, 0.15) is 4.75 Å². The van der Waals surface area contributed by atoms with Crippen LogP contribution in [0.25, 0.3) is 0 Å². The zero-order valence-electron chi connectivity index (χ0n) is 10.1. The third kappa shape index (κ3) is 2.72. The number of halogens is 3. The van der Waals surface area contributed by atoms with Gasteiger partial charge in [-0.2, -0.15) is 13.2 Å². The molecule has 108 valence electrons. The molecule has 1 aromatic heterocycles. The van der Waals surface area contributed by atoms with E-state index in [4.69, 9.17) is 5.11 Å². The van der Waals surface area contributed by atoms with Crippen LogP contribution in [0, 0.1) is 0 Å². The van der Waals surface area contributed by atoms with Crippen molar-refractivity contribution in [3.8, 4) is 0 Å². The predicted molar refractivity (Wildman–Crippen MR) is 56.3 cm³/mol. The lowest BCUT2D eigenvalue weighted by atomic mass is 10.2. The molecule has 0 fully saturated rings. The molecule has 19 heavy (non-hydrogen) atoms. The number of hydrogen-bond acceptors (Lipinski definition) is 5. The smallest absolute Gasteiger partial charge is 0.437 e. The Hall–Kier alpha value is -1.58. The van der Waals surface area contributed by atoms with Crippen molar-refractivity contribution in [2.45, 2.75) is 24.8 Å². The summed E-state index contributed by atoms with van der Waals surface area (Å²) in [6.07, 6.45) is -4.27. The Morgan fingerprint density at radius 2 is 1.79 bits per heavy atom. The quantitative estimate of drug-likeness (QED) is 0.912. The van der Waals surface area contributed by atoms with E-state index < -0.39 is 44.1 Å². The second-order valence-corrected chi connectivity index (χ2v) is 6.85. The molecule has 1 rings (SSSR count). The molecule has 10 heteroatoms. The largest absolute Gasteiger partial charge is 0.475 e. The molecule has 0 saturated carbocycles. The van der Waals surface area contributed by atoms with Gasteiger partial charge < -0.3 is 9.52 Å². The molecule has 0 unspecified atom stereocenters. The van der Waals surface area contributed by atoms with Gasteiger partial charge in [-0.15, -0.1) is 0 Å². The monoisotopic (exact) mass is 301 g/mol. The van der Waals surface area contributed by atoms with Crippen molar-refractivity contribution >= 4 is 15.8 Å². The fourth-order valence-electron chi connectivity index (χ4n) is 1.07. The van der Waals surface area contributed by atoms with Gasteiger partial charge in [-0.1, -0.05) is 0 Å². The van der Waals surface area contributed by atoms with E-state index in [0.29, 0.717) is 0 Å². The van der Waals surface area contributed by atoms with Crippen LogP contribution in [0.1, 0.15) is 36.0 Å². The average molecular weight is 301 g/mol. The van der Waals surface area contributed by atoms with Gasteiger partial charge in [0.05, 0.1) is 0 Å². The third-order valence-electron chi connectivity index (χ3n) is 2.53. The van der Waals surface area contributed by atoms with Crippen LogP contribution in [0.15, 0.2) is 4.42 Å². The number of oxazole rings is 1. The average Bonchev–Trinajstić information content (AvgIpc) is 2.59. The maximum Gasteiger partial charge on any atom is 0.437 e. The van der Waals surface area contributed by atoms with Crippen molar-refractivity contribution in [3.05, 3.63) is 17.3 Å². The van der Waals surface area contributed by atoms with Gasteiger partial charge in [0.25, 0.3) is 0 Å². The minimum Gasteiger partial charge on any atom is -0.475 e.